The average molecular weight is 303 g/mol. The Hall–Kier alpha value is -3.64. The highest BCUT2D eigenvalue weighted by Crippen LogP contribution is 2.20. The van der Waals surface area contributed by atoms with Gasteiger partial charge >= 0.3 is 0 Å². The van der Waals surface area contributed by atoms with Gasteiger partial charge in [0.15, 0.2) is 0 Å². The fourth-order valence-corrected chi connectivity index (χ4v) is 1.85. The van der Waals surface area contributed by atoms with Crippen LogP contribution >= 0.6 is 0 Å². The molecule has 0 atom stereocenters. The molecule has 2 aromatic rings. The highest BCUT2D eigenvalue weighted by atomic mass is 16.1. The van der Waals surface area contributed by atoms with E-state index in [0.717, 1.165) is 5.56 Å². The van der Waals surface area contributed by atoms with Gasteiger partial charge in [-0.25, -0.2) is 0 Å². The van der Waals surface area contributed by atoms with Crippen LogP contribution in [0, 0.1) is 29.6 Å². The van der Waals surface area contributed by atoms with Crippen LogP contribution in [0.4, 0.5) is 11.4 Å². The van der Waals surface area contributed by atoms with Gasteiger partial charge in [-0.15, -0.1) is 0 Å². The number of carbonyl (C=O) groups is 1. The number of anilines is 2. The van der Waals surface area contributed by atoms with E-state index in [0.29, 0.717) is 16.9 Å². The van der Waals surface area contributed by atoms with E-state index < -0.39 is 0 Å². The number of hydrogen-bond acceptors (Lipinski definition) is 5. The van der Waals surface area contributed by atoms with Crippen molar-refractivity contribution in [3.8, 4) is 12.1 Å². The number of aryl methyl sites for hydroxylation is 1. The molecule has 112 valence electrons. The second-order valence-electron chi connectivity index (χ2n) is 4.65. The predicted octanol–water partition coefficient (Wildman–Crippen LogP) is 3.06. The first kappa shape index (κ1) is 15.7. The predicted molar refractivity (Wildman–Crippen MR) is 87.9 cm³/mol. The molecule has 0 bridgehead atoms. The molecule has 0 fully saturated rings. The average Bonchev–Trinajstić information content (AvgIpc) is 2.58. The molecule has 0 heterocycles. The van der Waals surface area contributed by atoms with E-state index in [4.69, 9.17) is 10.5 Å². The molecule has 0 aromatic heterocycles. The lowest BCUT2D eigenvalue weighted by atomic mass is 10.1. The standard InChI is InChI=1S/C17H13N5O/c1-12-9-14(21-22-15(10-18)11-19)7-8-16(12)20-17(23)13-5-3-2-4-6-13/h2-9,21H,1H3,(H,20,23). The first-order valence-electron chi connectivity index (χ1n) is 6.75. The van der Waals surface area contributed by atoms with Crippen molar-refractivity contribution >= 4 is 23.0 Å². The summed E-state index contributed by atoms with van der Waals surface area (Å²) < 4.78 is 0. The van der Waals surface area contributed by atoms with Crippen LogP contribution in [0.25, 0.3) is 0 Å². The molecule has 23 heavy (non-hydrogen) atoms. The zero-order chi connectivity index (χ0) is 16.7. The summed E-state index contributed by atoms with van der Waals surface area (Å²) in [7, 11) is 0. The van der Waals surface area contributed by atoms with E-state index in [-0.39, 0.29) is 11.6 Å². The van der Waals surface area contributed by atoms with E-state index in [9.17, 15) is 4.79 Å². The summed E-state index contributed by atoms with van der Waals surface area (Å²) in [6.07, 6.45) is 0. The number of hydrazone groups is 1. The molecule has 6 heteroatoms. The molecule has 2 rings (SSSR count). The SMILES string of the molecule is Cc1cc(NN=C(C#N)C#N)ccc1NC(=O)c1ccccc1. The molecule has 2 aromatic carbocycles. The second kappa shape index (κ2) is 7.39. The van der Waals surface area contributed by atoms with Crippen molar-refractivity contribution in [2.45, 2.75) is 6.92 Å². The third kappa shape index (κ3) is 4.16. The molecule has 0 aliphatic rings. The van der Waals surface area contributed by atoms with Crippen LogP contribution < -0.4 is 10.7 Å². The van der Waals surface area contributed by atoms with Crippen LogP contribution in [0.3, 0.4) is 0 Å². The summed E-state index contributed by atoms with van der Waals surface area (Å²) in [4.78, 5) is 12.1. The quantitative estimate of drug-likeness (QED) is 0.669. The number of benzene rings is 2. The molecule has 0 unspecified atom stereocenters. The van der Waals surface area contributed by atoms with Crippen LogP contribution in [0.1, 0.15) is 15.9 Å². The fourth-order valence-electron chi connectivity index (χ4n) is 1.85. The zero-order valence-corrected chi connectivity index (χ0v) is 12.4. The van der Waals surface area contributed by atoms with E-state index >= 15 is 0 Å². The number of carbonyl (C=O) groups excluding carboxylic acids is 1. The second-order valence-corrected chi connectivity index (χ2v) is 4.65. The molecule has 0 aliphatic carbocycles. The summed E-state index contributed by atoms with van der Waals surface area (Å²) in [5.74, 6) is -0.191. The minimum atomic E-state index is -0.260. The molecular formula is C17H13N5O. The Labute approximate surface area is 133 Å². The molecule has 0 saturated heterocycles. The highest BCUT2D eigenvalue weighted by molar-refractivity contribution is 6.10. The maximum absolute atomic E-state index is 12.1. The maximum atomic E-state index is 12.1. The normalized spacial score (nSPS) is 9.17. The Kier molecular flexibility index (Phi) is 5.06. The van der Waals surface area contributed by atoms with Crippen molar-refractivity contribution in [2.24, 2.45) is 5.10 Å². The van der Waals surface area contributed by atoms with Crippen LogP contribution in [0.2, 0.25) is 0 Å². The third-order valence-corrected chi connectivity index (χ3v) is 3.02. The summed E-state index contributed by atoms with van der Waals surface area (Å²) in [5.41, 5.74) is 5.06. The molecule has 0 saturated carbocycles. The zero-order valence-electron chi connectivity index (χ0n) is 12.4. The van der Waals surface area contributed by atoms with E-state index in [1.165, 1.54) is 0 Å². The lowest BCUT2D eigenvalue weighted by Gasteiger charge is -2.10. The third-order valence-electron chi connectivity index (χ3n) is 3.02. The van der Waals surface area contributed by atoms with Crippen molar-refractivity contribution in [1.29, 1.82) is 10.5 Å². The van der Waals surface area contributed by atoms with Gasteiger partial charge in [-0.1, -0.05) is 18.2 Å². The molecular weight excluding hydrogens is 290 g/mol. The first-order chi connectivity index (χ1) is 11.1. The molecule has 0 spiro atoms. The van der Waals surface area contributed by atoms with E-state index in [2.05, 4.69) is 15.8 Å². The number of rotatable bonds is 4. The van der Waals surface area contributed by atoms with Gasteiger partial charge in [0, 0.05) is 11.3 Å². The van der Waals surface area contributed by atoms with Crippen molar-refractivity contribution in [3.05, 3.63) is 59.7 Å². The summed E-state index contributed by atoms with van der Waals surface area (Å²) >= 11 is 0. The lowest BCUT2D eigenvalue weighted by Crippen LogP contribution is -2.12. The minimum Gasteiger partial charge on any atom is -0.322 e. The molecule has 0 aliphatic heterocycles. The van der Waals surface area contributed by atoms with Crippen molar-refractivity contribution in [3.63, 3.8) is 0 Å². The number of nitriles is 2. The Morgan fingerprint density at radius 2 is 1.78 bits per heavy atom. The number of nitrogens with zero attached hydrogens (tertiary/aromatic N) is 3. The van der Waals surface area contributed by atoms with Gasteiger partial charge in [0.05, 0.1) is 5.69 Å². The first-order valence-corrected chi connectivity index (χ1v) is 6.75. The summed E-state index contributed by atoms with van der Waals surface area (Å²) in [5, 5.41) is 23.7. The number of hydrogen-bond donors (Lipinski definition) is 2. The summed E-state index contributed by atoms with van der Waals surface area (Å²) in [6.45, 7) is 1.84. The van der Waals surface area contributed by atoms with Crippen molar-refractivity contribution in [2.75, 3.05) is 10.7 Å². The van der Waals surface area contributed by atoms with Gasteiger partial charge in [0.1, 0.15) is 12.1 Å². The van der Waals surface area contributed by atoms with Crippen LogP contribution in [0.15, 0.2) is 53.6 Å². The van der Waals surface area contributed by atoms with Gasteiger partial charge in [-0.05, 0) is 42.8 Å². The van der Waals surface area contributed by atoms with Crippen LogP contribution in [-0.4, -0.2) is 11.6 Å². The number of nitrogens with one attached hydrogen (secondary N) is 2. The number of amides is 1. The van der Waals surface area contributed by atoms with Gasteiger partial charge < -0.3 is 5.32 Å². The smallest absolute Gasteiger partial charge is 0.255 e. The largest absolute Gasteiger partial charge is 0.322 e. The maximum Gasteiger partial charge on any atom is 0.255 e. The van der Waals surface area contributed by atoms with Crippen LogP contribution in [-0.2, 0) is 0 Å². The van der Waals surface area contributed by atoms with Gasteiger partial charge in [-0.3, -0.25) is 10.2 Å². The Bertz CT molecular complexity index is 812. The minimum absolute atomic E-state index is 0.191. The Balaban J connectivity index is 2.11. The molecule has 6 nitrogen and oxygen atoms in total. The molecule has 1 amide bonds. The van der Waals surface area contributed by atoms with Crippen molar-refractivity contribution in [1.82, 2.24) is 0 Å². The molecule has 2 N–H and O–H groups in total. The molecule has 0 radical (unpaired) electrons. The fraction of sp³-hybridized carbons (Fsp3) is 0.0588. The topological polar surface area (TPSA) is 101 Å². The van der Waals surface area contributed by atoms with Gasteiger partial charge in [-0.2, -0.15) is 15.6 Å². The van der Waals surface area contributed by atoms with Crippen LogP contribution in [0.5, 0.6) is 0 Å². The Morgan fingerprint density at radius 3 is 2.39 bits per heavy atom. The van der Waals surface area contributed by atoms with E-state index in [1.54, 1.807) is 54.6 Å². The summed E-state index contributed by atoms with van der Waals surface area (Å²) in [6, 6.07) is 17.4. The highest BCUT2D eigenvalue weighted by Gasteiger charge is 2.07. The van der Waals surface area contributed by atoms with Gasteiger partial charge in [0.25, 0.3) is 5.91 Å². The van der Waals surface area contributed by atoms with Crippen molar-refractivity contribution < 1.29 is 4.79 Å². The lowest BCUT2D eigenvalue weighted by molar-refractivity contribution is 0.102. The monoisotopic (exact) mass is 303 g/mol. The Morgan fingerprint density at radius 1 is 1.09 bits per heavy atom. The van der Waals surface area contributed by atoms with Gasteiger partial charge in [0.2, 0.25) is 5.71 Å². The van der Waals surface area contributed by atoms with E-state index in [1.807, 2.05) is 13.0 Å².